The highest BCUT2D eigenvalue weighted by Crippen LogP contribution is 2.25. The number of hydrogen-bond donors (Lipinski definition) is 3. The van der Waals surface area contributed by atoms with E-state index in [0.29, 0.717) is 42.9 Å². The summed E-state index contributed by atoms with van der Waals surface area (Å²) in [6.45, 7) is 0.855. The Morgan fingerprint density at radius 3 is 2.63 bits per heavy atom. The molecule has 0 radical (unpaired) electrons. The number of aromatic nitrogens is 4. The largest absolute Gasteiger partial charge is 0.415 e. The highest BCUT2D eigenvalue weighted by atomic mass is 16.6. The third-order valence-electron chi connectivity index (χ3n) is 4.90. The second-order valence-electron chi connectivity index (χ2n) is 6.75. The first-order valence-electron chi connectivity index (χ1n) is 9.14. The Morgan fingerprint density at radius 1 is 1.27 bits per heavy atom. The molecule has 13 nitrogen and oxygen atoms in total. The minimum absolute atomic E-state index is 0.0733. The topological polar surface area (TPSA) is 182 Å². The lowest BCUT2D eigenvalue weighted by molar-refractivity contribution is -0.384. The Hall–Kier alpha value is -4.00. The second kappa shape index (κ2) is 7.79. The molecule has 0 saturated carbocycles. The van der Waals surface area contributed by atoms with E-state index >= 15 is 0 Å². The number of non-ortho nitro benzene ring substituents is 1. The van der Waals surface area contributed by atoms with Crippen molar-refractivity contribution in [2.75, 3.05) is 23.8 Å². The zero-order chi connectivity index (χ0) is 21.3. The van der Waals surface area contributed by atoms with Crippen LogP contribution in [0.15, 0.2) is 30.6 Å². The molecule has 1 aromatic carbocycles. The van der Waals surface area contributed by atoms with Gasteiger partial charge in [-0.1, -0.05) is 0 Å². The molecular weight excluding hydrogens is 394 g/mol. The van der Waals surface area contributed by atoms with Gasteiger partial charge in [0.1, 0.15) is 11.3 Å². The zero-order valence-corrected chi connectivity index (χ0v) is 15.8. The van der Waals surface area contributed by atoms with Gasteiger partial charge in [-0.05, 0) is 25.0 Å². The van der Waals surface area contributed by atoms with E-state index in [4.69, 9.17) is 16.3 Å². The Kier molecular flexibility index (Phi) is 5.02. The van der Waals surface area contributed by atoms with Crippen LogP contribution in [0.25, 0.3) is 11.2 Å². The summed E-state index contributed by atoms with van der Waals surface area (Å²) in [6.07, 6.45) is 2.15. The van der Waals surface area contributed by atoms with Gasteiger partial charge in [0.25, 0.3) is 5.69 Å². The van der Waals surface area contributed by atoms with Crippen LogP contribution in [0, 0.1) is 10.1 Å². The molecule has 0 bridgehead atoms. The first-order valence-corrected chi connectivity index (χ1v) is 9.14. The lowest BCUT2D eigenvalue weighted by atomic mass is 10.0. The second-order valence-corrected chi connectivity index (χ2v) is 6.75. The highest BCUT2D eigenvalue weighted by molar-refractivity contribution is 5.84. The maximum absolute atomic E-state index is 12.4. The van der Waals surface area contributed by atoms with E-state index in [2.05, 4.69) is 19.9 Å². The van der Waals surface area contributed by atoms with Gasteiger partial charge in [-0.3, -0.25) is 15.1 Å². The monoisotopic (exact) mass is 413 g/mol. The molecule has 3 aromatic rings. The number of nitro groups is 1. The number of anilines is 2. The maximum atomic E-state index is 12.4. The predicted octanol–water partition coefficient (Wildman–Crippen LogP) is 1.19. The van der Waals surface area contributed by atoms with Crippen LogP contribution in [-0.4, -0.2) is 55.0 Å². The van der Waals surface area contributed by atoms with Crippen LogP contribution < -0.4 is 21.3 Å². The van der Waals surface area contributed by atoms with Gasteiger partial charge < -0.3 is 20.4 Å². The molecule has 156 valence electrons. The molecule has 1 fully saturated rings. The van der Waals surface area contributed by atoms with Crippen molar-refractivity contribution in [3.05, 3.63) is 40.7 Å². The van der Waals surface area contributed by atoms with Crippen LogP contribution in [0.1, 0.15) is 12.8 Å². The number of nitrogens with zero attached hydrogens (tertiary/aromatic N) is 6. The summed E-state index contributed by atoms with van der Waals surface area (Å²) in [5.74, 6) is 7.06. The van der Waals surface area contributed by atoms with Gasteiger partial charge in [0.2, 0.25) is 5.95 Å². The van der Waals surface area contributed by atoms with E-state index in [1.807, 2.05) is 0 Å². The number of fused-ring (bicyclic) bond motifs is 1. The number of ether oxygens (including phenoxy) is 1. The first-order chi connectivity index (χ1) is 14.4. The fourth-order valence-corrected chi connectivity index (χ4v) is 3.32. The number of amides is 1. The number of nitrogen functional groups attached to an aromatic ring is 1. The molecule has 4 rings (SSSR count). The number of imidazole rings is 1. The van der Waals surface area contributed by atoms with Crippen molar-refractivity contribution in [2.45, 2.75) is 18.9 Å². The standard InChI is InChI=1S/C17H19N9O4/c18-16-22-14-13(20-9-21-14)15(23-16)25(19)10-5-7-24(8-6-10)17(27)30-12-3-1-11(2-4-12)26(28)29/h1-4,9-10H,5-8,19H2,(H3,18,20,21,22,23). The molecule has 0 aliphatic carbocycles. The molecule has 1 amide bonds. The zero-order valence-electron chi connectivity index (χ0n) is 15.8. The van der Waals surface area contributed by atoms with Crippen molar-refractivity contribution in [1.29, 1.82) is 0 Å². The Balaban J connectivity index is 1.37. The number of carbonyl (C=O) groups is 1. The van der Waals surface area contributed by atoms with Crippen LogP contribution in [0.5, 0.6) is 5.75 Å². The number of hydrazine groups is 1. The maximum Gasteiger partial charge on any atom is 0.415 e. The summed E-state index contributed by atoms with van der Waals surface area (Å²) in [5, 5.41) is 12.2. The highest BCUT2D eigenvalue weighted by Gasteiger charge is 2.29. The molecule has 0 spiro atoms. The summed E-state index contributed by atoms with van der Waals surface area (Å²) in [7, 11) is 0. The molecular formula is C17H19N9O4. The van der Waals surface area contributed by atoms with Gasteiger partial charge in [-0.15, -0.1) is 0 Å². The van der Waals surface area contributed by atoms with Crippen molar-refractivity contribution >= 4 is 34.7 Å². The number of hydrogen-bond acceptors (Lipinski definition) is 10. The van der Waals surface area contributed by atoms with Crippen LogP contribution >= 0.6 is 0 Å². The van der Waals surface area contributed by atoms with Gasteiger partial charge in [-0.2, -0.15) is 9.97 Å². The fraction of sp³-hybridized carbons (Fsp3) is 0.294. The average Bonchev–Trinajstić information content (AvgIpc) is 3.21. The molecule has 1 aliphatic rings. The summed E-state index contributed by atoms with van der Waals surface area (Å²) >= 11 is 0. The normalized spacial score (nSPS) is 14.6. The van der Waals surface area contributed by atoms with E-state index in [-0.39, 0.29) is 23.4 Å². The van der Waals surface area contributed by atoms with Gasteiger partial charge in [-0.25, -0.2) is 15.6 Å². The van der Waals surface area contributed by atoms with E-state index < -0.39 is 11.0 Å². The van der Waals surface area contributed by atoms with Crippen molar-refractivity contribution in [3.8, 4) is 5.75 Å². The van der Waals surface area contributed by atoms with E-state index in [1.54, 1.807) is 4.90 Å². The molecule has 2 aromatic heterocycles. The van der Waals surface area contributed by atoms with Crippen LogP contribution in [-0.2, 0) is 0 Å². The van der Waals surface area contributed by atoms with Crippen LogP contribution in [0.2, 0.25) is 0 Å². The van der Waals surface area contributed by atoms with Crippen molar-refractivity contribution in [1.82, 2.24) is 24.8 Å². The lowest BCUT2D eigenvalue weighted by Crippen LogP contribution is -2.50. The first kappa shape index (κ1) is 19.3. The van der Waals surface area contributed by atoms with E-state index in [9.17, 15) is 14.9 Å². The third-order valence-corrected chi connectivity index (χ3v) is 4.90. The number of H-pyrrole nitrogens is 1. The smallest absolute Gasteiger partial charge is 0.410 e. The van der Waals surface area contributed by atoms with Crippen molar-refractivity contribution in [3.63, 3.8) is 0 Å². The third kappa shape index (κ3) is 3.77. The van der Waals surface area contributed by atoms with E-state index in [1.165, 1.54) is 35.6 Å². The lowest BCUT2D eigenvalue weighted by Gasteiger charge is -2.36. The number of piperidine rings is 1. The molecule has 1 aliphatic heterocycles. The predicted molar refractivity (Wildman–Crippen MR) is 106 cm³/mol. The number of nitrogens with one attached hydrogen (secondary N) is 1. The fourth-order valence-electron chi connectivity index (χ4n) is 3.32. The van der Waals surface area contributed by atoms with Gasteiger partial charge in [0, 0.05) is 25.2 Å². The Labute approximate surface area is 169 Å². The molecule has 5 N–H and O–H groups in total. The van der Waals surface area contributed by atoms with Gasteiger partial charge in [0.05, 0.1) is 17.3 Å². The summed E-state index contributed by atoms with van der Waals surface area (Å²) in [5.41, 5.74) is 6.69. The SMILES string of the molecule is Nc1nc(N(N)C2CCN(C(=O)Oc3ccc([N+](=O)[O-])cc3)CC2)c2[nH]cnc2n1. The number of nitro benzene ring substituents is 1. The molecule has 0 atom stereocenters. The van der Waals surface area contributed by atoms with Gasteiger partial charge >= 0.3 is 6.09 Å². The minimum atomic E-state index is -0.520. The number of carbonyl (C=O) groups excluding carboxylic acids is 1. The number of benzene rings is 1. The number of rotatable bonds is 4. The van der Waals surface area contributed by atoms with Crippen molar-refractivity contribution in [2.24, 2.45) is 5.84 Å². The van der Waals surface area contributed by atoms with E-state index in [0.717, 1.165) is 0 Å². The Bertz CT molecular complexity index is 1080. The average molecular weight is 413 g/mol. The molecule has 0 unspecified atom stereocenters. The summed E-state index contributed by atoms with van der Waals surface area (Å²) in [4.78, 5) is 39.5. The number of likely N-dealkylation sites (tertiary alicyclic amines) is 1. The molecule has 1 saturated heterocycles. The van der Waals surface area contributed by atoms with Crippen LogP contribution in [0.4, 0.5) is 22.2 Å². The Morgan fingerprint density at radius 2 is 1.97 bits per heavy atom. The van der Waals surface area contributed by atoms with Crippen molar-refractivity contribution < 1.29 is 14.5 Å². The van der Waals surface area contributed by atoms with Gasteiger partial charge in [0.15, 0.2) is 11.5 Å². The van der Waals surface area contributed by atoms with Crippen LogP contribution in [0.3, 0.4) is 0 Å². The number of aromatic amines is 1. The molecule has 30 heavy (non-hydrogen) atoms. The summed E-state index contributed by atoms with van der Waals surface area (Å²) < 4.78 is 5.30. The summed E-state index contributed by atoms with van der Waals surface area (Å²) in [6, 6.07) is 5.27. The minimum Gasteiger partial charge on any atom is -0.410 e. The molecule has 3 heterocycles. The number of nitrogens with two attached hydrogens (primary N) is 2. The molecule has 13 heteroatoms. The quantitative estimate of drug-likeness (QED) is 0.319.